The maximum Gasteiger partial charge on any atom is 0.332 e. The minimum atomic E-state index is -0.520. The molecule has 0 aliphatic carbocycles. The Morgan fingerprint density at radius 2 is 1.48 bits per heavy atom. The molecular weight excluding hydrogens is 276 g/mol. The maximum absolute atomic E-state index is 11.3. The first kappa shape index (κ1) is 19.0. The number of nitrogens with two attached hydrogens (primary N) is 2. The van der Waals surface area contributed by atoms with Crippen molar-refractivity contribution in [3.63, 3.8) is 0 Å². The summed E-state index contributed by atoms with van der Waals surface area (Å²) < 4.78 is 15.4. The van der Waals surface area contributed by atoms with Crippen LogP contribution in [0.15, 0.2) is 23.5 Å². The van der Waals surface area contributed by atoms with E-state index in [1.54, 1.807) is 27.7 Å². The largest absolute Gasteiger partial charge is 0.460 e. The molecule has 4 N–H and O–H groups in total. The van der Waals surface area contributed by atoms with Gasteiger partial charge in [0.05, 0.1) is 12.7 Å². The van der Waals surface area contributed by atoms with Gasteiger partial charge in [0.15, 0.2) is 0 Å². The van der Waals surface area contributed by atoms with Crippen LogP contribution in [-0.4, -0.2) is 37.4 Å². The zero-order chi connectivity index (χ0) is 16.4. The van der Waals surface area contributed by atoms with E-state index in [-0.39, 0.29) is 19.3 Å². The molecule has 0 radical (unpaired) electrons. The monoisotopic (exact) mass is 300 g/mol. The Labute approximate surface area is 124 Å². The highest BCUT2D eigenvalue weighted by Gasteiger charge is 2.11. The summed E-state index contributed by atoms with van der Waals surface area (Å²) in [6, 6.07) is 0. The third-order valence-electron chi connectivity index (χ3n) is 2.08. The minimum absolute atomic E-state index is 0.0884. The van der Waals surface area contributed by atoms with Gasteiger partial charge in [-0.25, -0.2) is 9.59 Å². The van der Waals surface area contributed by atoms with Gasteiger partial charge in [-0.3, -0.25) is 0 Å². The topological polar surface area (TPSA) is 114 Å². The van der Waals surface area contributed by atoms with E-state index in [1.165, 1.54) is 12.2 Å². The van der Waals surface area contributed by atoms with Crippen LogP contribution in [0.5, 0.6) is 0 Å². The molecule has 2 unspecified atom stereocenters. The molecule has 7 nitrogen and oxygen atoms in total. The van der Waals surface area contributed by atoms with Crippen LogP contribution >= 0.6 is 0 Å². The molecule has 0 aliphatic rings. The first-order valence-corrected chi connectivity index (χ1v) is 6.57. The molecule has 2 atom stereocenters. The van der Waals surface area contributed by atoms with E-state index in [1.807, 2.05) is 0 Å². The summed E-state index contributed by atoms with van der Waals surface area (Å²) in [7, 11) is 0. The molecule has 0 aromatic carbocycles. The van der Waals surface area contributed by atoms with Crippen LogP contribution in [0.1, 0.15) is 27.7 Å². The first-order chi connectivity index (χ1) is 9.70. The Balaban J connectivity index is 3.95. The average Bonchev–Trinajstić information content (AvgIpc) is 2.31. The van der Waals surface area contributed by atoms with Crippen molar-refractivity contribution in [2.24, 2.45) is 11.5 Å². The Bertz CT molecular complexity index is 410. The van der Waals surface area contributed by atoms with E-state index in [0.29, 0.717) is 11.4 Å². The molecule has 0 bridgehead atoms. The second kappa shape index (κ2) is 9.82. The van der Waals surface area contributed by atoms with Crippen molar-refractivity contribution in [1.29, 1.82) is 0 Å². The van der Waals surface area contributed by atoms with E-state index >= 15 is 0 Å². The van der Waals surface area contributed by atoms with Crippen LogP contribution in [0, 0.1) is 0 Å². The Kier molecular flexibility index (Phi) is 8.87. The van der Waals surface area contributed by atoms with Gasteiger partial charge in [0.1, 0.15) is 12.7 Å². The zero-order valence-corrected chi connectivity index (χ0v) is 12.9. The van der Waals surface area contributed by atoms with Crippen molar-refractivity contribution < 1.29 is 23.8 Å². The van der Waals surface area contributed by atoms with Crippen LogP contribution in [0.4, 0.5) is 0 Å². The molecule has 21 heavy (non-hydrogen) atoms. The lowest BCUT2D eigenvalue weighted by Crippen LogP contribution is -2.25. The van der Waals surface area contributed by atoms with Crippen molar-refractivity contribution in [3.8, 4) is 0 Å². The predicted octanol–water partition coefficient (Wildman–Crippen LogP) is 0.591. The molecular formula is C14H24N2O5. The smallest absolute Gasteiger partial charge is 0.332 e. The van der Waals surface area contributed by atoms with Crippen molar-refractivity contribution >= 4 is 11.9 Å². The van der Waals surface area contributed by atoms with Crippen LogP contribution in [0.2, 0.25) is 0 Å². The van der Waals surface area contributed by atoms with Gasteiger partial charge in [0.25, 0.3) is 0 Å². The number of carbonyl (C=O) groups is 2. The molecule has 0 aliphatic heterocycles. The fraction of sp³-hybridized carbons (Fsp3) is 0.571. The predicted molar refractivity (Wildman–Crippen MR) is 77.8 cm³/mol. The van der Waals surface area contributed by atoms with Crippen LogP contribution in [0.25, 0.3) is 0 Å². The van der Waals surface area contributed by atoms with Crippen molar-refractivity contribution in [3.05, 3.63) is 23.5 Å². The second-order valence-electron chi connectivity index (χ2n) is 4.80. The summed E-state index contributed by atoms with van der Waals surface area (Å²) in [5.74, 6) is -1.04. The number of allylic oxidation sites excluding steroid dienone is 2. The van der Waals surface area contributed by atoms with Crippen molar-refractivity contribution in [1.82, 2.24) is 0 Å². The first-order valence-electron chi connectivity index (χ1n) is 6.57. The van der Waals surface area contributed by atoms with Gasteiger partial charge in [-0.15, -0.1) is 0 Å². The molecule has 0 fully saturated rings. The molecule has 0 amide bonds. The van der Waals surface area contributed by atoms with Crippen molar-refractivity contribution in [2.75, 3.05) is 13.2 Å². The number of esters is 2. The molecule has 0 rings (SSSR count). The highest BCUT2D eigenvalue weighted by molar-refractivity contribution is 5.82. The van der Waals surface area contributed by atoms with Gasteiger partial charge < -0.3 is 25.7 Å². The normalized spacial score (nSPS) is 15.2. The molecule has 0 saturated heterocycles. The standard InChI is InChI=1S/C14H24N2O5/c1-9(15)5-13(17)20-7-11(3)19-8-12(4)21-14(18)6-10(2)16/h5-6,11-12H,7-8,15-16H2,1-4H3/b9-5-,10-6-. The van der Waals surface area contributed by atoms with E-state index in [4.69, 9.17) is 25.7 Å². The van der Waals surface area contributed by atoms with Gasteiger partial charge in [0.2, 0.25) is 0 Å². The van der Waals surface area contributed by atoms with Crippen LogP contribution < -0.4 is 11.5 Å². The third kappa shape index (κ3) is 11.5. The summed E-state index contributed by atoms with van der Waals surface area (Å²) in [5, 5.41) is 0. The van der Waals surface area contributed by atoms with Gasteiger partial charge in [0, 0.05) is 23.5 Å². The lowest BCUT2D eigenvalue weighted by atomic mass is 10.4. The summed E-state index contributed by atoms with van der Waals surface area (Å²) in [4.78, 5) is 22.5. The van der Waals surface area contributed by atoms with Gasteiger partial charge in [-0.1, -0.05) is 0 Å². The maximum atomic E-state index is 11.3. The van der Waals surface area contributed by atoms with Crippen LogP contribution in [-0.2, 0) is 23.8 Å². The molecule has 120 valence electrons. The zero-order valence-electron chi connectivity index (χ0n) is 12.9. The quantitative estimate of drug-likeness (QED) is 0.498. The summed E-state index contributed by atoms with van der Waals surface area (Å²) in [6.45, 7) is 6.89. The van der Waals surface area contributed by atoms with Gasteiger partial charge in [-0.2, -0.15) is 0 Å². The lowest BCUT2D eigenvalue weighted by molar-refractivity contribution is -0.148. The molecule has 0 spiro atoms. The average molecular weight is 300 g/mol. The number of ether oxygens (including phenoxy) is 3. The minimum Gasteiger partial charge on any atom is -0.460 e. The Hall–Kier alpha value is -2.02. The second-order valence-corrected chi connectivity index (χ2v) is 4.80. The van der Waals surface area contributed by atoms with Gasteiger partial charge >= 0.3 is 11.9 Å². The molecule has 0 heterocycles. The SMILES string of the molecule is C/C(N)=C/C(=O)OCC(C)OCC(C)OC(=O)/C=C(/C)N. The van der Waals surface area contributed by atoms with Crippen molar-refractivity contribution in [2.45, 2.75) is 39.9 Å². The number of carbonyl (C=O) groups excluding carboxylic acids is 2. The number of hydrogen-bond acceptors (Lipinski definition) is 7. The fourth-order valence-electron chi connectivity index (χ4n) is 1.23. The van der Waals surface area contributed by atoms with E-state index in [9.17, 15) is 9.59 Å². The highest BCUT2D eigenvalue weighted by Crippen LogP contribution is 2.00. The van der Waals surface area contributed by atoms with E-state index < -0.39 is 18.0 Å². The summed E-state index contributed by atoms with van der Waals surface area (Å²) in [5.41, 5.74) is 11.5. The molecule has 7 heteroatoms. The lowest BCUT2D eigenvalue weighted by Gasteiger charge is -2.17. The number of rotatable bonds is 8. The van der Waals surface area contributed by atoms with E-state index in [0.717, 1.165) is 0 Å². The molecule has 0 aromatic heterocycles. The number of hydrogen-bond donors (Lipinski definition) is 2. The highest BCUT2D eigenvalue weighted by atomic mass is 16.6. The third-order valence-corrected chi connectivity index (χ3v) is 2.08. The van der Waals surface area contributed by atoms with Crippen LogP contribution in [0.3, 0.4) is 0 Å². The fourth-order valence-corrected chi connectivity index (χ4v) is 1.23. The summed E-state index contributed by atoms with van der Waals surface area (Å²) >= 11 is 0. The Morgan fingerprint density at radius 3 is 2.00 bits per heavy atom. The molecule has 0 aromatic rings. The van der Waals surface area contributed by atoms with E-state index in [2.05, 4.69) is 0 Å². The van der Waals surface area contributed by atoms with Gasteiger partial charge in [-0.05, 0) is 27.7 Å². The molecule has 0 saturated carbocycles. The Morgan fingerprint density at radius 1 is 0.952 bits per heavy atom. The summed E-state index contributed by atoms with van der Waals surface area (Å²) in [6.07, 6.45) is 1.63.